The number of methoxy groups -OCH3 is 1. The standard InChI is InChI=1S/C35H29N5O9S2.Na/c1-20-13-30(32(46-2)19-29(20)38-37-25-10-11-27-21(15-25)16-26(18-31(27)41)50-49-48-43)39-40-34-33(47-51(3,44)45)17-22-14-24(9-12-28(22)35(34)42)36-23-7-5-4-6-8-23;/h4-19,36,41-43H,1-3H3;/q;+1/p-1. The Hall–Kier alpha value is -4.78. The molecule has 0 radical (unpaired) electrons. The number of hydrogen-bond acceptors (Lipinski definition) is 15. The fourth-order valence-electron chi connectivity index (χ4n) is 5.14. The van der Waals surface area contributed by atoms with Crippen molar-refractivity contribution in [3.05, 3.63) is 103 Å². The van der Waals surface area contributed by atoms with Gasteiger partial charge in [0.2, 0.25) is 0 Å². The summed E-state index contributed by atoms with van der Waals surface area (Å²) < 4.78 is 39.5. The van der Waals surface area contributed by atoms with Gasteiger partial charge in [0.1, 0.15) is 17.2 Å². The third-order valence-electron chi connectivity index (χ3n) is 7.43. The summed E-state index contributed by atoms with van der Waals surface area (Å²) in [5, 5.41) is 57.7. The number of benzene rings is 6. The molecule has 0 heterocycles. The van der Waals surface area contributed by atoms with Crippen molar-refractivity contribution in [2.75, 3.05) is 18.7 Å². The number of aromatic hydroxyl groups is 2. The normalized spacial score (nSPS) is 11.7. The van der Waals surface area contributed by atoms with Crippen LogP contribution in [0.5, 0.6) is 23.0 Å². The summed E-state index contributed by atoms with van der Waals surface area (Å²) >= 11 is 0.651. The van der Waals surface area contributed by atoms with Gasteiger partial charge in [-0.15, -0.1) is 10.2 Å². The van der Waals surface area contributed by atoms with Crippen LogP contribution >= 0.6 is 12.0 Å². The van der Waals surface area contributed by atoms with Crippen LogP contribution in [0.2, 0.25) is 0 Å². The molecule has 0 aliphatic heterocycles. The first-order chi connectivity index (χ1) is 24.5. The summed E-state index contributed by atoms with van der Waals surface area (Å²) in [5.41, 5.74) is 3.19. The molecule has 0 spiro atoms. The van der Waals surface area contributed by atoms with E-state index < -0.39 is 10.1 Å². The molecule has 0 bridgehead atoms. The van der Waals surface area contributed by atoms with E-state index in [1.807, 2.05) is 30.3 Å². The minimum absolute atomic E-state index is 0. The topological polar surface area (TPSA) is 196 Å². The van der Waals surface area contributed by atoms with Crippen LogP contribution in [0, 0.1) is 6.92 Å². The molecule has 0 unspecified atom stereocenters. The zero-order valence-corrected chi connectivity index (χ0v) is 31.7. The van der Waals surface area contributed by atoms with Gasteiger partial charge in [0.25, 0.3) is 0 Å². The molecule has 6 aromatic carbocycles. The van der Waals surface area contributed by atoms with Crippen LogP contribution < -0.4 is 49.1 Å². The molecular weight excluding hydrogens is 722 g/mol. The van der Waals surface area contributed by atoms with Crippen molar-refractivity contribution in [2.24, 2.45) is 20.5 Å². The average Bonchev–Trinajstić information content (AvgIpc) is 3.09. The average molecular weight is 750 g/mol. The number of nitrogens with one attached hydrogen (secondary N) is 1. The smallest absolute Gasteiger partial charge is 0.691 e. The van der Waals surface area contributed by atoms with E-state index in [1.54, 1.807) is 61.5 Å². The summed E-state index contributed by atoms with van der Waals surface area (Å²) in [6.07, 6.45) is 0.891. The maximum atomic E-state index is 12.2. The largest absolute Gasteiger partial charge is 1.00 e. The maximum absolute atomic E-state index is 12.2. The second kappa shape index (κ2) is 16.7. The Kier molecular flexibility index (Phi) is 12.4. The van der Waals surface area contributed by atoms with Gasteiger partial charge in [0, 0.05) is 33.1 Å². The van der Waals surface area contributed by atoms with Gasteiger partial charge in [-0.05, 0) is 96.1 Å². The molecule has 0 atom stereocenters. The van der Waals surface area contributed by atoms with Crippen LogP contribution in [-0.4, -0.2) is 32.0 Å². The van der Waals surface area contributed by atoms with Crippen molar-refractivity contribution in [3.63, 3.8) is 0 Å². The van der Waals surface area contributed by atoms with Crippen LogP contribution in [0.4, 0.5) is 34.1 Å². The number of azo groups is 2. The van der Waals surface area contributed by atoms with Gasteiger partial charge >= 0.3 is 39.7 Å². The number of phenols is 2. The number of para-hydroxylation sites is 1. The van der Waals surface area contributed by atoms with Crippen LogP contribution in [0.25, 0.3) is 21.5 Å². The molecule has 3 N–H and O–H groups in total. The van der Waals surface area contributed by atoms with E-state index in [9.17, 15) is 23.9 Å². The van der Waals surface area contributed by atoms with Gasteiger partial charge in [0.15, 0.2) is 17.2 Å². The Balaban J connectivity index is 0.00000523. The maximum Gasteiger partial charge on any atom is 1.00 e. The number of ether oxygens (including phenoxy) is 1. The van der Waals surface area contributed by atoms with E-state index in [4.69, 9.17) is 8.92 Å². The molecule has 0 fully saturated rings. The molecule has 0 aliphatic carbocycles. The zero-order chi connectivity index (χ0) is 36.1. The molecule has 0 saturated carbocycles. The number of aryl methyl sites for hydroxylation is 1. The summed E-state index contributed by atoms with van der Waals surface area (Å²) in [4.78, 5) is 0.438. The van der Waals surface area contributed by atoms with E-state index in [0.29, 0.717) is 61.1 Å². The van der Waals surface area contributed by atoms with E-state index >= 15 is 0 Å². The van der Waals surface area contributed by atoms with Crippen molar-refractivity contribution in [1.29, 1.82) is 0 Å². The molecule has 260 valence electrons. The van der Waals surface area contributed by atoms with Gasteiger partial charge in [0.05, 0.1) is 36.8 Å². The van der Waals surface area contributed by atoms with E-state index in [2.05, 4.69) is 35.1 Å². The first-order valence-corrected chi connectivity index (χ1v) is 17.5. The van der Waals surface area contributed by atoms with Gasteiger partial charge < -0.3 is 29.7 Å². The van der Waals surface area contributed by atoms with Gasteiger partial charge in [-0.1, -0.05) is 18.2 Å². The molecule has 6 rings (SSSR count). The SMILES string of the molecule is COc1cc(N=Nc2ccc3c(O)cc(SOO[O-])cc3c2)c(C)cc1N=Nc1c(OS(C)(=O)=O)cc2cc(Nc3ccccc3)ccc2c1O.[Na+]. The van der Waals surface area contributed by atoms with Crippen molar-refractivity contribution >= 4 is 77.8 Å². The van der Waals surface area contributed by atoms with Crippen molar-refractivity contribution in [2.45, 2.75) is 11.8 Å². The predicted molar refractivity (Wildman–Crippen MR) is 191 cm³/mol. The Morgan fingerprint density at radius 1 is 0.769 bits per heavy atom. The summed E-state index contributed by atoms with van der Waals surface area (Å²) in [6, 6.07) is 27.6. The Bertz CT molecular complexity index is 2430. The molecule has 0 amide bonds. The third kappa shape index (κ3) is 9.17. The van der Waals surface area contributed by atoms with Gasteiger partial charge in [-0.3, -0.25) is 5.04 Å². The molecule has 6 aromatic rings. The number of anilines is 2. The molecule has 0 saturated heterocycles. The Morgan fingerprint density at radius 2 is 1.50 bits per heavy atom. The van der Waals surface area contributed by atoms with E-state index in [-0.39, 0.29) is 63.9 Å². The van der Waals surface area contributed by atoms with Crippen LogP contribution in [0.3, 0.4) is 0 Å². The molecule has 14 nitrogen and oxygen atoms in total. The first kappa shape index (κ1) is 38.5. The minimum Gasteiger partial charge on any atom is -0.691 e. The summed E-state index contributed by atoms with van der Waals surface area (Å²) in [7, 11) is -2.58. The van der Waals surface area contributed by atoms with Crippen LogP contribution in [0.15, 0.2) is 122 Å². The molecular formula is C35H28N5NaO9S2. The fourth-order valence-corrected chi connectivity index (χ4v) is 6.04. The molecule has 0 aromatic heterocycles. The summed E-state index contributed by atoms with van der Waals surface area (Å²) in [6.45, 7) is 1.78. The number of hydrogen-bond donors (Lipinski definition) is 3. The number of fused-ring (bicyclic) bond motifs is 2. The van der Waals surface area contributed by atoms with Gasteiger partial charge in [-0.2, -0.15) is 23.0 Å². The van der Waals surface area contributed by atoms with Crippen molar-refractivity contribution in [3.8, 4) is 23.0 Å². The number of nitrogens with zero attached hydrogens (tertiary/aromatic N) is 4. The third-order valence-corrected chi connectivity index (χ3v) is 8.46. The predicted octanol–water partition coefficient (Wildman–Crippen LogP) is 5.87. The van der Waals surface area contributed by atoms with Crippen molar-refractivity contribution in [1.82, 2.24) is 0 Å². The van der Waals surface area contributed by atoms with Crippen molar-refractivity contribution < 1.29 is 71.7 Å². The van der Waals surface area contributed by atoms with E-state index in [1.165, 1.54) is 19.2 Å². The first-order valence-electron chi connectivity index (χ1n) is 14.9. The van der Waals surface area contributed by atoms with E-state index in [0.717, 1.165) is 11.9 Å². The second-order valence-corrected chi connectivity index (χ2v) is 13.4. The summed E-state index contributed by atoms with van der Waals surface area (Å²) in [5.74, 6) is -0.296. The quantitative estimate of drug-likeness (QED) is 0.0338. The monoisotopic (exact) mass is 749 g/mol. The fraction of sp³-hybridized carbons (Fsp3) is 0.0857. The Morgan fingerprint density at radius 3 is 2.23 bits per heavy atom. The van der Waals surface area contributed by atoms with Gasteiger partial charge in [-0.25, -0.2) is 0 Å². The zero-order valence-electron chi connectivity index (χ0n) is 28.1. The van der Waals surface area contributed by atoms with Crippen LogP contribution in [0.1, 0.15) is 5.56 Å². The molecule has 52 heavy (non-hydrogen) atoms. The molecule has 0 aliphatic rings. The number of rotatable bonds is 12. The van der Waals surface area contributed by atoms with Crippen LogP contribution in [-0.2, 0) is 19.5 Å². The number of phenolic OH excluding ortho intramolecular Hbond substituents is 2. The second-order valence-electron chi connectivity index (χ2n) is 11.1. The minimum atomic E-state index is -4.01. The molecule has 17 heteroatoms. The Labute approximate surface area is 324 Å².